The minimum absolute atomic E-state index is 0.350. The molecule has 11 heavy (non-hydrogen) atoms. The van der Waals surface area contributed by atoms with Gasteiger partial charge < -0.3 is 10.8 Å². The first-order valence-corrected chi connectivity index (χ1v) is 4.69. The van der Waals surface area contributed by atoms with Crippen LogP contribution in [0.5, 0.6) is 0 Å². The van der Waals surface area contributed by atoms with E-state index in [1.807, 2.05) is 0 Å². The Hall–Kier alpha value is -0.0800. The molecule has 0 spiro atoms. The van der Waals surface area contributed by atoms with Crippen molar-refractivity contribution in [1.29, 1.82) is 0 Å². The molecule has 0 amide bonds. The Balaban J connectivity index is 2.25. The normalized spacial score (nSPS) is 23.5. The van der Waals surface area contributed by atoms with Crippen LogP contribution in [0.4, 0.5) is 0 Å². The topological polar surface area (TPSA) is 46.2 Å². The summed E-state index contributed by atoms with van der Waals surface area (Å²) in [6, 6.07) is 0. The summed E-state index contributed by atoms with van der Waals surface area (Å²) in [5, 5.41) is 9.95. The van der Waals surface area contributed by atoms with Crippen molar-refractivity contribution in [3.8, 4) is 0 Å². The molecular formula is C9H19NO. The van der Waals surface area contributed by atoms with E-state index in [0.717, 1.165) is 25.7 Å². The Morgan fingerprint density at radius 3 is 2.36 bits per heavy atom. The molecule has 0 aliphatic heterocycles. The minimum atomic E-state index is -0.350. The van der Waals surface area contributed by atoms with Gasteiger partial charge in [-0.2, -0.15) is 0 Å². The first-order valence-electron chi connectivity index (χ1n) is 4.69. The summed E-state index contributed by atoms with van der Waals surface area (Å²) in [5.41, 5.74) is 5.04. The maximum absolute atomic E-state index is 9.95. The molecule has 2 heteroatoms. The number of hydrogen-bond donors (Lipinski definition) is 2. The third-order valence-corrected chi connectivity index (χ3v) is 2.63. The Kier molecular flexibility index (Phi) is 3.34. The van der Waals surface area contributed by atoms with Gasteiger partial charge in [0.05, 0.1) is 5.60 Å². The maximum Gasteiger partial charge on any atom is 0.0648 e. The Morgan fingerprint density at radius 2 is 1.82 bits per heavy atom. The molecule has 1 rings (SSSR count). The lowest BCUT2D eigenvalue weighted by atomic mass is 9.82. The third-order valence-electron chi connectivity index (χ3n) is 2.63. The van der Waals surface area contributed by atoms with Crippen LogP contribution >= 0.6 is 0 Å². The maximum atomic E-state index is 9.95. The zero-order chi connectivity index (χ0) is 8.16. The predicted octanol–water partition coefficient (Wildman–Crippen LogP) is 1.42. The molecule has 1 aliphatic carbocycles. The Bertz CT molecular complexity index is 108. The molecule has 0 radical (unpaired) electrons. The van der Waals surface area contributed by atoms with Gasteiger partial charge in [0.1, 0.15) is 0 Å². The van der Waals surface area contributed by atoms with E-state index in [2.05, 4.69) is 0 Å². The second-order valence-electron chi connectivity index (χ2n) is 3.68. The van der Waals surface area contributed by atoms with Gasteiger partial charge in [-0.3, -0.25) is 0 Å². The van der Waals surface area contributed by atoms with Crippen molar-refractivity contribution >= 4 is 0 Å². The van der Waals surface area contributed by atoms with Gasteiger partial charge in [-0.15, -0.1) is 0 Å². The fourth-order valence-electron chi connectivity index (χ4n) is 1.89. The monoisotopic (exact) mass is 157 g/mol. The zero-order valence-corrected chi connectivity index (χ0v) is 7.18. The molecule has 1 aliphatic rings. The lowest BCUT2D eigenvalue weighted by molar-refractivity contribution is -0.00481. The summed E-state index contributed by atoms with van der Waals surface area (Å²) in [7, 11) is 0. The van der Waals surface area contributed by atoms with Gasteiger partial charge in [-0.05, 0) is 32.2 Å². The molecule has 0 aromatic carbocycles. The van der Waals surface area contributed by atoms with E-state index >= 15 is 0 Å². The lowest BCUT2D eigenvalue weighted by Gasteiger charge is -2.31. The van der Waals surface area contributed by atoms with Crippen molar-refractivity contribution in [3.63, 3.8) is 0 Å². The smallest absolute Gasteiger partial charge is 0.0648 e. The van der Waals surface area contributed by atoms with Gasteiger partial charge in [-0.1, -0.05) is 19.3 Å². The summed E-state index contributed by atoms with van der Waals surface area (Å²) >= 11 is 0. The van der Waals surface area contributed by atoms with Gasteiger partial charge in [0, 0.05) is 0 Å². The van der Waals surface area contributed by atoms with E-state index in [1.54, 1.807) is 0 Å². The molecule has 2 nitrogen and oxygen atoms in total. The molecule has 0 aromatic rings. The summed E-state index contributed by atoms with van der Waals surface area (Å²) < 4.78 is 0. The summed E-state index contributed by atoms with van der Waals surface area (Å²) in [4.78, 5) is 0. The van der Waals surface area contributed by atoms with Crippen molar-refractivity contribution in [1.82, 2.24) is 0 Å². The molecule has 0 aromatic heterocycles. The van der Waals surface area contributed by atoms with Crippen LogP contribution in [0.25, 0.3) is 0 Å². The van der Waals surface area contributed by atoms with Crippen molar-refractivity contribution in [2.24, 2.45) is 5.73 Å². The lowest BCUT2D eigenvalue weighted by Crippen LogP contribution is -2.31. The van der Waals surface area contributed by atoms with Crippen LogP contribution in [0.2, 0.25) is 0 Å². The number of hydrogen-bond acceptors (Lipinski definition) is 2. The number of nitrogens with two attached hydrogens (primary N) is 1. The average Bonchev–Trinajstić information content (AvgIpc) is 2.03. The molecule has 1 saturated carbocycles. The Morgan fingerprint density at radius 1 is 1.18 bits per heavy atom. The van der Waals surface area contributed by atoms with E-state index in [-0.39, 0.29) is 5.60 Å². The fourth-order valence-corrected chi connectivity index (χ4v) is 1.89. The second-order valence-corrected chi connectivity index (χ2v) is 3.68. The number of rotatable bonds is 3. The molecule has 3 N–H and O–H groups in total. The summed E-state index contributed by atoms with van der Waals surface area (Å²) in [5.74, 6) is 0. The third kappa shape index (κ3) is 2.80. The van der Waals surface area contributed by atoms with Crippen LogP contribution in [0.15, 0.2) is 0 Å². The molecule has 0 saturated heterocycles. The largest absolute Gasteiger partial charge is 0.390 e. The summed E-state index contributed by atoms with van der Waals surface area (Å²) in [6.45, 7) is 0.711. The molecular weight excluding hydrogens is 138 g/mol. The molecule has 66 valence electrons. The van der Waals surface area contributed by atoms with Gasteiger partial charge in [-0.25, -0.2) is 0 Å². The molecule has 1 fully saturated rings. The zero-order valence-electron chi connectivity index (χ0n) is 7.18. The van der Waals surface area contributed by atoms with E-state index in [0.29, 0.717) is 6.54 Å². The highest BCUT2D eigenvalue weighted by molar-refractivity contribution is 4.81. The van der Waals surface area contributed by atoms with Gasteiger partial charge in [0.25, 0.3) is 0 Å². The van der Waals surface area contributed by atoms with Gasteiger partial charge in [0.15, 0.2) is 0 Å². The highest BCUT2D eigenvalue weighted by Gasteiger charge is 2.27. The van der Waals surface area contributed by atoms with E-state index in [9.17, 15) is 5.11 Å². The van der Waals surface area contributed by atoms with Crippen LogP contribution in [-0.4, -0.2) is 17.3 Å². The van der Waals surface area contributed by atoms with Crippen LogP contribution in [0, 0.1) is 0 Å². The standard InChI is InChI=1S/C9H19NO/c10-8-4-7-9(11)5-2-1-3-6-9/h11H,1-8,10H2. The molecule has 0 heterocycles. The first kappa shape index (κ1) is 9.01. The van der Waals surface area contributed by atoms with Crippen LogP contribution < -0.4 is 5.73 Å². The molecule has 0 bridgehead atoms. The quantitative estimate of drug-likeness (QED) is 0.651. The summed E-state index contributed by atoms with van der Waals surface area (Å²) in [6.07, 6.45) is 7.55. The Labute approximate surface area is 68.8 Å². The van der Waals surface area contributed by atoms with E-state index < -0.39 is 0 Å². The SMILES string of the molecule is NCCCC1(O)CCCCC1. The minimum Gasteiger partial charge on any atom is -0.390 e. The molecule has 0 atom stereocenters. The van der Waals surface area contributed by atoms with Crippen molar-refractivity contribution in [2.45, 2.75) is 50.5 Å². The highest BCUT2D eigenvalue weighted by atomic mass is 16.3. The van der Waals surface area contributed by atoms with Crippen LogP contribution in [0.1, 0.15) is 44.9 Å². The van der Waals surface area contributed by atoms with Gasteiger partial charge >= 0.3 is 0 Å². The van der Waals surface area contributed by atoms with Crippen LogP contribution in [-0.2, 0) is 0 Å². The van der Waals surface area contributed by atoms with E-state index in [1.165, 1.54) is 19.3 Å². The second kappa shape index (κ2) is 4.07. The van der Waals surface area contributed by atoms with Gasteiger partial charge in [0.2, 0.25) is 0 Å². The van der Waals surface area contributed by atoms with Crippen molar-refractivity contribution < 1.29 is 5.11 Å². The molecule has 0 unspecified atom stereocenters. The predicted molar refractivity (Wildman–Crippen MR) is 46.3 cm³/mol. The van der Waals surface area contributed by atoms with Crippen LogP contribution in [0.3, 0.4) is 0 Å². The number of aliphatic hydroxyl groups is 1. The van der Waals surface area contributed by atoms with Crippen molar-refractivity contribution in [3.05, 3.63) is 0 Å². The van der Waals surface area contributed by atoms with Crippen molar-refractivity contribution in [2.75, 3.05) is 6.54 Å². The first-order chi connectivity index (χ1) is 5.27. The average molecular weight is 157 g/mol. The van der Waals surface area contributed by atoms with E-state index in [4.69, 9.17) is 5.73 Å². The fraction of sp³-hybridized carbons (Fsp3) is 1.00. The highest BCUT2D eigenvalue weighted by Crippen LogP contribution is 2.31.